The maximum atomic E-state index is 10.1. The summed E-state index contributed by atoms with van der Waals surface area (Å²) in [5, 5.41) is 26.5. The predicted octanol–water partition coefficient (Wildman–Crippen LogP) is 8.78. The van der Waals surface area contributed by atoms with E-state index >= 15 is 0 Å². The van der Waals surface area contributed by atoms with Crippen LogP contribution in [0.5, 0.6) is 0 Å². The molecule has 4 heteroatoms. The number of para-hydroxylation sites is 2. The summed E-state index contributed by atoms with van der Waals surface area (Å²) < 4.78 is 4.53. The van der Waals surface area contributed by atoms with Gasteiger partial charge in [-0.25, -0.2) is 0 Å². The molecule has 4 nitrogen and oxygen atoms in total. The molecule has 8 rings (SSSR count). The Balaban J connectivity index is 1.58. The van der Waals surface area contributed by atoms with Gasteiger partial charge in [-0.05, 0) is 59.3 Å². The van der Waals surface area contributed by atoms with Crippen molar-refractivity contribution < 1.29 is 0 Å². The van der Waals surface area contributed by atoms with Gasteiger partial charge in [-0.2, -0.15) is 10.5 Å². The molecule has 0 aliphatic heterocycles. The largest absolute Gasteiger partial charge is 0.309 e. The number of fused-ring (bicyclic) bond motifs is 8. The minimum Gasteiger partial charge on any atom is -0.309 e. The lowest BCUT2D eigenvalue weighted by Gasteiger charge is -2.12. The molecule has 0 spiro atoms. The SMILES string of the molecule is N#Cc1ccc(-n2c3ccccc3c3ccc4c(c5ccccc5n4-c4ccc5ccccc5c4)c32)c(C#N)c1. The second-order valence-corrected chi connectivity index (χ2v) is 10.0. The van der Waals surface area contributed by atoms with Crippen LogP contribution in [0.4, 0.5) is 0 Å². The lowest BCUT2D eigenvalue weighted by Crippen LogP contribution is -1.99. The van der Waals surface area contributed by atoms with Gasteiger partial charge >= 0.3 is 0 Å². The first-order valence-electron chi connectivity index (χ1n) is 13.2. The highest BCUT2D eigenvalue weighted by Gasteiger charge is 2.21. The Labute approximate surface area is 229 Å². The minimum atomic E-state index is 0.469. The van der Waals surface area contributed by atoms with Crippen LogP contribution in [0.25, 0.3) is 65.8 Å². The molecule has 0 saturated carbocycles. The molecule has 40 heavy (non-hydrogen) atoms. The van der Waals surface area contributed by atoms with Gasteiger partial charge in [-0.3, -0.25) is 0 Å². The zero-order valence-electron chi connectivity index (χ0n) is 21.3. The summed E-state index contributed by atoms with van der Waals surface area (Å²) >= 11 is 0. The van der Waals surface area contributed by atoms with Gasteiger partial charge in [0.05, 0.1) is 45.0 Å². The maximum absolute atomic E-state index is 10.1. The maximum Gasteiger partial charge on any atom is 0.101 e. The summed E-state index contributed by atoms with van der Waals surface area (Å²) in [7, 11) is 0. The Morgan fingerprint density at radius 3 is 2.02 bits per heavy atom. The van der Waals surface area contributed by atoms with Crippen molar-refractivity contribution in [3.8, 4) is 23.5 Å². The molecule has 2 heterocycles. The molecule has 0 aliphatic carbocycles. The Kier molecular flexibility index (Phi) is 4.62. The molecule has 0 radical (unpaired) electrons. The van der Waals surface area contributed by atoms with Gasteiger partial charge in [0.25, 0.3) is 0 Å². The Morgan fingerprint density at radius 2 is 1.23 bits per heavy atom. The van der Waals surface area contributed by atoms with E-state index in [1.807, 2.05) is 12.1 Å². The first-order valence-corrected chi connectivity index (χ1v) is 13.2. The number of nitriles is 2. The third-order valence-electron chi connectivity index (χ3n) is 7.95. The van der Waals surface area contributed by atoms with E-state index in [1.54, 1.807) is 12.1 Å². The predicted molar refractivity (Wildman–Crippen MR) is 162 cm³/mol. The molecule has 0 N–H and O–H groups in total. The summed E-state index contributed by atoms with van der Waals surface area (Å²) in [4.78, 5) is 0. The summed E-state index contributed by atoms with van der Waals surface area (Å²) in [5.41, 5.74) is 7.10. The number of rotatable bonds is 2. The Bertz CT molecular complexity index is 2410. The number of hydrogen-bond donors (Lipinski definition) is 0. The topological polar surface area (TPSA) is 57.4 Å². The lowest BCUT2D eigenvalue weighted by molar-refractivity contribution is 1.17. The van der Waals surface area contributed by atoms with E-state index in [1.165, 1.54) is 10.8 Å². The molecular formula is C36H20N4. The van der Waals surface area contributed by atoms with Crippen LogP contribution in [-0.2, 0) is 0 Å². The second-order valence-electron chi connectivity index (χ2n) is 10.0. The van der Waals surface area contributed by atoms with E-state index in [4.69, 9.17) is 0 Å². The zero-order chi connectivity index (χ0) is 26.8. The Hall–Kier alpha value is -5.84. The van der Waals surface area contributed by atoms with Gasteiger partial charge in [-0.15, -0.1) is 0 Å². The molecule has 0 bridgehead atoms. The monoisotopic (exact) mass is 508 g/mol. The van der Waals surface area contributed by atoms with E-state index in [9.17, 15) is 10.5 Å². The molecule has 184 valence electrons. The van der Waals surface area contributed by atoms with Gasteiger partial charge in [-0.1, -0.05) is 72.8 Å². The van der Waals surface area contributed by atoms with E-state index < -0.39 is 0 Å². The quantitative estimate of drug-likeness (QED) is 0.234. The smallest absolute Gasteiger partial charge is 0.101 e. The fourth-order valence-corrected chi connectivity index (χ4v) is 6.24. The summed E-state index contributed by atoms with van der Waals surface area (Å²) in [6.07, 6.45) is 0. The number of hydrogen-bond acceptors (Lipinski definition) is 2. The van der Waals surface area contributed by atoms with Crippen LogP contribution < -0.4 is 0 Å². The molecule has 0 unspecified atom stereocenters. The van der Waals surface area contributed by atoms with Gasteiger partial charge < -0.3 is 9.13 Å². The summed E-state index contributed by atoms with van der Waals surface area (Å²) in [5.74, 6) is 0. The summed E-state index contributed by atoms with van der Waals surface area (Å²) in [6.45, 7) is 0. The van der Waals surface area contributed by atoms with Crippen LogP contribution in [0.3, 0.4) is 0 Å². The number of nitrogens with zero attached hydrogens (tertiary/aromatic N) is 4. The van der Waals surface area contributed by atoms with Crippen LogP contribution in [0.2, 0.25) is 0 Å². The molecule has 8 aromatic rings. The molecule has 0 saturated heterocycles. The van der Waals surface area contributed by atoms with Crippen molar-refractivity contribution in [2.45, 2.75) is 0 Å². The van der Waals surface area contributed by atoms with Gasteiger partial charge in [0.15, 0.2) is 0 Å². The van der Waals surface area contributed by atoms with Crippen molar-refractivity contribution in [3.05, 3.63) is 132 Å². The van der Waals surface area contributed by atoms with Crippen LogP contribution in [0.1, 0.15) is 11.1 Å². The van der Waals surface area contributed by atoms with Crippen molar-refractivity contribution in [1.29, 1.82) is 10.5 Å². The van der Waals surface area contributed by atoms with Gasteiger partial charge in [0.2, 0.25) is 0 Å². The first-order chi connectivity index (χ1) is 19.8. The number of benzene rings is 6. The molecule has 6 aromatic carbocycles. The fourth-order valence-electron chi connectivity index (χ4n) is 6.24. The van der Waals surface area contributed by atoms with Crippen molar-refractivity contribution in [2.24, 2.45) is 0 Å². The molecule has 0 aliphatic rings. The average Bonchev–Trinajstić information content (AvgIpc) is 3.53. The van der Waals surface area contributed by atoms with Crippen molar-refractivity contribution in [3.63, 3.8) is 0 Å². The second kappa shape index (κ2) is 8.33. The molecular weight excluding hydrogens is 488 g/mol. The molecule has 0 amide bonds. The van der Waals surface area contributed by atoms with E-state index in [0.717, 1.165) is 55.0 Å². The average molecular weight is 509 g/mol. The lowest BCUT2D eigenvalue weighted by atomic mass is 10.1. The minimum absolute atomic E-state index is 0.469. The third-order valence-corrected chi connectivity index (χ3v) is 7.95. The number of aromatic nitrogens is 2. The fraction of sp³-hybridized carbons (Fsp3) is 0. The van der Waals surface area contributed by atoms with Gasteiger partial charge in [0, 0.05) is 27.2 Å². The highest BCUT2D eigenvalue weighted by molar-refractivity contribution is 6.26. The highest BCUT2D eigenvalue weighted by Crippen LogP contribution is 2.42. The van der Waals surface area contributed by atoms with E-state index in [2.05, 4.69) is 118 Å². The zero-order valence-corrected chi connectivity index (χ0v) is 21.3. The van der Waals surface area contributed by atoms with E-state index in [-0.39, 0.29) is 0 Å². The van der Waals surface area contributed by atoms with Crippen LogP contribution in [-0.4, -0.2) is 9.13 Å². The molecule has 2 aromatic heterocycles. The molecule has 0 atom stereocenters. The van der Waals surface area contributed by atoms with Gasteiger partial charge in [0.1, 0.15) is 6.07 Å². The summed E-state index contributed by atoms with van der Waals surface area (Å²) in [6, 6.07) is 46.2. The van der Waals surface area contributed by atoms with Crippen LogP contribution >= 0.6 is 0 Å². The standard InChI is InChI=1S/C36H20N4/c37-21-23-13-17-31(26(19-23)22-38)40-32-11-5-3-9-28(32)29-16-18-34-35(36(29)40)30-10-4-6-12-33(30)39(34)27-15-14-24-7-1-2-8-25(24)20-27/h1-20H. The van der Waals surface area contributed by atoms with Crippen LogP contribution in [0.15, 0.2) is 121 Å². The molecule has 0 fully saturated rings. The van der Waals surface area contributed by atoms with Crippen LogP contribution in [0, 0.1) is 22.7 Å². The first kappa shape index (κ1) is 22.2. The van der Waals surface area contributed by atoms with Crippen molar-refractivity contribution >= 4 is 54.4 Å². The van der Waals surface area contributed by atoms with E-state index in [0.29, 0.717) is 11.1 Å². The van der Waals surface area contributed by atoms with Crippen molar-refractivity contribution in [2.75, 3.05) is 0 Å². The highest BCUT2D eigenvalue weighted by atomic mass is 15.0. The normalized spacial score (nSPS) is 11.4. The third kappa shape index (κ3) is 2.99. The Morgan fingerprint density at radius 1 is 0.500 bits per heavy atom. The van der Waals surface area contributed by atoms with Crippen molar-refractivity contribution in [1.82, 2.24) is 9.13 Å².